The lowest BCUT2D eigenvalue weighted by molar-refractivity contribution is -0.0565. The summed E-state index contributed by atoms with van der Waals surface area (Å²) < 4.78 is 0. The Morgan fingerprint density at radius 2 is 1.72 bits per heavy atom. The van der Waals surface area contributed by atoms with Crippen molar-refractivity contribution >= 4 is 0 Å². The molecule has 1 aliphatic carbocycles. The largest absolute Gasteiger partial charge is 0.303 e. The van der Waals surface area contributed by atoms with Gasteiger partial charge in [0.2, 0.25) is 0 Å². The molecule has 0 amide bonds. The molecule has 1 heterocycles. The number of rotatable bonds is 12. The lowest BCUT2D eigenvalue weighted by atomic mass is 9.50. The van der Waals surface area contributed by atoms with Gasteiger partial charge in [0.25, 0.3) is 0 Å². The molecule has 1 aromatic carbocycles. The molecule has 3 unspecified atom stereocenters. The molecular weight excluding hydrogens is 386 g/mol. The highest BCUT2D eigenvalue weighted by molar-refractivity contribution is 5.27. The van der Waals surface area contributed by atoms with Crippen molar-refractivity contribution in [3.8, 4) is 0 Å². The summed E-state index contributed by atoms with van der Waals surface area (Å²) in [7, 11) is 0. The average Bonchev–Trinajstić information content (AvgIpc) is 2.78. The van der Waals surface area contributed by atoms with E-state index in [0.29, 0.717) is 11.3 Å². The predicted octanol–water partition coefficient (Wildman–Crippen LogP) is 8.72. The molecule has 1 heteroatoms. The van der Waals surface area contributed by atoms with Crippen LogP contribution in [-0.2, 0) is 6.42 Å². The third kappa shape index (κ3) is 6.40. The van der Waals surface area contributed by atoms with Gasteiger partial charge < -0.3 is 4.90 Å². The van der Waals surface area contributed by atoms with Crippen molar-refractivity contribution in [1.29, 1.82) is 0 Å². The van der Waals surface area contributed by atoms with Crippen LogP contribution >= 0.6 is 0 Å². The van der Waals surface area contributed by atoms with Crippen LogP contribution in [0.25, 0.3) is 0 Å². The highest BCUT2D eigenvalue weighted by Gasteiger charge is 2.50. The maximum atomic E-state index is 2.76. The fourth-order valence-electron chi connectivity index (χ4n) is 7.29. The van der Waals surface area contributed by atoms with E-state index in [0.717, 1.165) is 30.1 Å². The molecule has 1 saturated heterocycles. The minimum atomic E-state index is 0.682. The van der Waals surface area contributed by atoms with Crippen LogP contribution in [0, 0.1) is 29.1 Å². The fourth-order valence-corrected chi connectivity index (χ4v) is 7.29. The molecule has 2 aliphatic rings. The lowest BCUT2D eigenvalue weighted by Crippen LogP contribution is -2.50. The van der Waals surface area contributed by atoms with Crippen molar-refractivity contribution in [2.75, 3.05) is 19.6 Å². The summed E-state index contributed by atoms with van der Waals surface area (Å²) in [6.45, 7) is 18.5. The van der Waals surface area contributed by atoms with E-state index in [1.807, 2.05) is 0 Å². The Kier molecular flexibility index (Phi) is 9.71. The van der Waals surface area contributed by atoms with Crippen LogP contribution in [0.15, 0.2) is 24.3 Å². The maximum Gasteiger partial charge on any atom is -0.00134 e. The molecule has 1 aromatic rings. The van der Waals surface area contributed by atoms with E-state index in [1.54, 1.807) is 5.56 Å². The van der Waals surface area contributed by atoms with Crippen molar-refractivity contribution in [2.45, 2.75) is 112 Å². The van der Waals surface area contributed by atoms with Gasteiger partial charge in [-0.05, 0) is 111 Å². The Morgan fingerprint density at radius 3 is 2.31 bits per heavy atom. The third-order valence-electron chi connectivity index (χ3n) is 9.23. The molecule has 1 saturated carbocycles. The molecule has 0 bridgehead atoms. The van der Waals surface area contributed by atoms with Gasteiger partial charge in [0.05, 0.1) is 0 Å². The second kappa shape index (κ2) is 12.0. The highest BCUT2D eigenvalue weighted by atomic mass is 15.1. The number of hydrogen-bond donors (Lipinski definition) is 0. The molecule has 2 fully saturated rings. The monoisotopic (exact) mass is 439 g/mol. The number of benzene rings is 1. The number of likely N-dealkylation sites (tertiary alicyclic amines) is 1. The lowest BCUT2D eigenvalue weighted by Gasteiger charge is -2.57. The molecule has 182 valence electrons. The normalized spacial score (nSPS) is 22.1. The quantitative estimate of drug-likeness (QED) is 0.294. The topological polar surface area (TPSA) is 3.24 Å². The number of hydrogen-bond acceptors (Lipinski definition) is 1. The van der Waals surface area contributed by atoms with E-state index in [-0.39, 0.29) is 0 Å². The van der Waals surface area contributed by atoms with Crippen LogP contribution in [0.1, 0.15) is 116 Å². The smallest absolute Gasteiger partial charge is 0.00134 e. The summed E-state index contributed by atoms with van der Waals surface area (Å²) in [6, 6.07) is 9.55. The number of unbranched alkanes of at least 4 members (excludes halogenated alkanes) is 2. The zero-order chi connectivity index (χ0) is 23.1. The van der Waals surface area contributed by atoms with Crippen molar-refractivity contribution < 1.29 is 0 Å². The zero-order valence-electron chi connectivity index (χ0n) is 22.3. The first-order valence-corrected chi connectivity index (χ1v) is 14.2. The summed E-state index contributed by atoms with van der Waals surface area (Å²) in [4.78, 5) is 2.76. The Bertz CT molecular complexity index is 661. The van der Waals surface area contributed by atoms with Gasteiger partial charge in [-0.15, -0.1) is 0 Å². The number of aryl methyl sites for hydroxylation is 1. The van der Waals surface area contributed by atoms with E-state index in [4.69, 9.17) is 0 Å². The standard InChI is InChI=1S/C31H53N/c1-7-10-11-17-32-18-15-31(16-19-32)22-29(23-31)30(27(9-3)20-24(4)5)25(6)28-14-12-13-26(8-2)21-28/h12-14,21,24-25,27,29-30H,7-11,15-20,22-23H2,1-6H3. The van der Waals surface area contributed by atoms with Crippen molar-refractivity contribution in [3.63, 3.8) is 0 Å². The van der Waals surface area contributed by atoms with Gasteiger partial charge in [0.15, 0.2) is 0 Å². The first kappa shape index (κ1) is 25.8. The number of piperidine rings is 1. The van der Waals surface area contributed by atoms with Crippen molar-refractivity contribution in [1.82, 2.24) is 4.90 Å². The fraction of sp³-hybridized carbons (Fsp3) is 0.806. The summed E-state index contributed by atoms with van der Waals surface area (Å²) in [5.74, 6) is 4.14. The third-order valence-corrected chi connectivity index (χ3v) is 9.23. The van der Waals surface area contributed by atoms with Gasteiger partial charge in [0, 0.05) is 0 Å². The molecule has 0 radical (unpaired) electrons. The second-order valence-electron chi connectivity index (χ2n) is 12.0. The van der Waals surface area contributed by atoms with Gasteiger partial charge in [-0.25, -0.2) is 0 Å². The number of nitrogens with zero attached hydrogens (tertiary/aromatic N) is 1. The summed E-state index contributed by atoms with van der Waals surface area (Å²) in [5.41, 5.74) is 3.79. The summed E-state index contributed by atoms with van der Waals surface area (Å²) in [6.07, 6.45) is 14.0. The summed E-state index contributed by atoms with van der Waals surface area (Å²) >= 11 is 0. The molecule has 3 atom stereocenters. The van der Waals surface area contributed by atoms with Crippen LogP contribution in [0.3, 0.4) is 0 Å². The first-order valence-electron chi connectivity index (χ1n) is 14.2. The Morgan fingerprint density at radius 1 is 1.00 bits per heavy atom. The van der Waals surface area contributed by atoms with Crippen LogP contribution in [0.4, 0.5) is 0 Å². The van der Waals surface area contributed by atoms with Crippen LogP contribution < -0.4 is 0 Å². The Balaban J connectivity index is 1.67. The molecule has 1 aliphatic heterocycles. The van der Waals surface area contributed by atoms with E-state index in [1.165, 1.54) is 83.0 Å². The van der Waals surface area contributed by atoms with Gasteiger partial charge in [-0.1, -0.05) is 85.1 Å². The molecule has 1 nitrogen and oxygen atoms in total. The van der Waals surface area contributed by atoms with E-state index in [9.17, 15) is 0 Å². The molecular formula is C31H53N. The predicted molar refractivity (Wildman–Crippen MR) is 141 cm³/mol. The molecule has 0 N–H and O–H groups in total. The minimum absolute atomic E-state index is 0.682. The molecule has 3 rings (SSSR count). The Labute approximate surface area is 200 Å². The first-order chi connectivity index (χ1) is 15.4. The maximum absolute atomic E-state index is 2.76. The minimum Gasteiger partial charge on any atom is -0.303 e. The van der Waals surface area contributed by atoms with Crippen LogP contribution in [-0.4, -0.2) is 24.5 Å². The molecule has 0 aromatic heterocycles. The molecule has 32 heavy (non-hydrogen) atoms. The van der Waals surface area contributed by atoms with E-state index in [2.05, 4.69) is 70.7 Å². The van der Waals surface area contributed by atoms with Crippen LogP contribution in [0.5, 0.6) is 0 Å². The zero-order valence-corrected chi connectivity index (χ0v) is 22.3. The van der Waals surface area contributed by atoms with Gasteiger partial charge >= 0.3 is 0 Å². The van der Waals surface area contributed by atoms with Crippen LogP contribution in [0.2, 0.25) is 0 Å². The summed E-state index contributed by atoms with van der Waals surface area (Å²) in [5, 5.41) is 0. The van der Waals surface area contributed by atoms with Gasteiger partial charge in [-0.3, -0.25) is 0 Å². The molecule has 1 spiro atoms. The SMILES string of the molecule is CCCCCN1CCC2(CC1)CC(C(C(CC)CC(C)C)C(C)c1cccc(CC)c1)C2. The van der Waals surface area contributed by atoms with E-state index < -0.39 is 0 Å². The second-order valence-corrected chi connectivity index (χ2v) is 12.0. The average molecular weight is 440 g/mol. The van der Waals surface area contributed by atoms with Gasteiger partial charge in [-0.2, -0.15) is 0 Å². The van der Waals surface area contributed by atoms with Gasteiger partial charge in [0.1, 0.15) is 0 Å². The highest BCUT2D eigenvalue weighted by Crippen LogP contribution is 2.59. The van der Waals surface area contributed by atoms with Crippen molar-refractivity contribution in [2.24, 2.45) is 29.1 Å². The van der Waals surface area contributed by atoms with Crippen molar-refractivity contribution in [3.05, 3.63) is 35.4 Å². The Hall–Kier alpha value is -0.820. The van der Waals surface area contributed by atoms with E-state index >= 15 is 0 Å².